The molecule has 0 atom stereocenters. The van der Waals surface area contributed by atoms with E-state index in [-0.39, 0.29) is 0 Å². The van der Waals surface area contributed by atoms with Crippen LogP contribution < -0.4 is 9.80 Å². The third-order valence-electron chi connectivity index (χ3n) is 3.81. The van der Waals surface area contributed by atoms with Crippen molar-refractivity contribution in [1.29, 1.82) is 0 Å². The van der Waals surface area contributed by atoms with E-state index in [0.717, 1.165) is 17.4 Å². The molecule has 0 aliphatic carbocycles. The summed E-state index contributed by atoms with van der Waals surface area (Å²) in [4.78, 5) is 9.33. The summed E-state index contributed by atoms with van der Waals surface area (Å²) >= 11 is 9.47. The van der Waals surface area contributed by atoms with Crippen LogP contribution in [0.25, 0.3) is 0 Å². The van der Waals surface area contributed by atoms with E-state index < -0.39 is 0 Å². The zero-order valence-corrected chi connectivity index (χ0v) is 14.0. The monoisotopic (exact) mass is 329 g/mol. The zero-order valence-electron chi connectivity index (χ0n) is 11.6. The Hall–Kier alpha value is -0.460. The number of aromatic nitrogens is 1. The number of nitrogens with one attached hydrogen (secondary N) is 2. The van der Waals surface area contributed by atoms with Crippen LogP contribution in [0.1, 0.15) is 15.6 Å². The van der Waals surface area contributed by atoms with Crippen LogP contribution in [0.15, 0.2) is 17.5 Å². The van der Waals surface area contributed by atoms with Crippen molar-refractivity contribution in [2.45, 2.75) is 20.0 Å². The molecule has 2 N–H and O–H groups in total. The van der Waals surface area contributed by atoms with Crippen molar-refractivity contribution < 1.29 is 9.80 Å². The predicted octanol–water partition coefficient (Wildman–Crippen LogP) is 0.650. The number of thiazole rings is 1. The highest BCUT2D eigenvalue weighted by atomic mass is 35.5. The molecule has 3 nitrogen and oxygen atoms in total. The molecular formula is C14H20ClN3S2+2. The van der Waals surface area contributed by atoms with E-state index in [9.17, 15) is 0 Å². The highest BCUT2D eigenvalue weighted by Crippen LogP contribution is 2.20. The molecule has 0 aromatic carbocycles. The molecule has 6 heteroatoms. The number of halogens is 1. The molecule has 0 spiro atoms. The minimum Gasteiger partial charge on any atom is -0.321 e. The second-order valence-corrected chi connectivity index (χ2v) is 8.28. The number of hydrogen-bond donors (Lipinski definition) is 2. The Morgan fingerprint density at radius 2 is 1.85 bits per heavy atom. The van der Waals surface area contributed by atoms with Crippen LogP contribution in [-0.2, 0) is 13.1 Å². The molecule has 1 saturated heterocycles. The fraction of sp³-hybridized carbons (Fsp3) is 0.500. The number of hydrogen-bond acceptors (Lipinski definition) is 3. The smallest absolute Gasteiger partial charge is 0.127 e. The van der Waals surface area contributed by atoms with Crippen LogP contribution >= 0.6 is 34.3 Å². The number of rotatable bonds is 4. The van der Waals surface area contributed by atoms with Gasteiger partial charge in [-0.15, -0.1) is 22.7 Å². The second-order valence-electron chi connectivity index (χ2n) is 5.42. The van der Waals surface area contributed by atoms with Gasteiger partial charge in [-0.25, -0.2) is 4.98 Å². The molecular weight excluding hydrogens is 310 g/mol. The Bertz CT molecular complexity index is 508. The molecule has 0 radical (unpaired) electrons. The number of thiophene rings is 1. The van der Waals surface area contributed by atoms with Crippen LogP contribution in [0, 0.1) is 6.92 Å². The van der Waals surface area contributed by atoms with Crippen molar-refractivity contribution >= 4 is 34.3 Å². The van der Waals surface area contributed by atoms with E-state index in [1.54, 1.807) is 32.5 Å². The van der Waals surface area contributed by atoms with Gasteiger partial charge in [0, 0.05) is 5.38 Å². The molecule has 0 bridgehead atoms. The maximum absolute atomic E-state index is 5.99. The molecule has 108 valence electrons. The molecule has 20 heavy (non-hydrogen) atoms. The average molecular weight is 330 g/mol. The first-order valence-corrected chi connectivity index (χ1v) is 9.09. The van der Waals surface area contributed by atoms with Crippen molar-refractivity contribution in [3.05, 3.63) is 37.4 Å². The molecule has 0 unspecified atom stereocenters. The largest absolute Gasteiger partial charge is 0.321 e. The molecule has 0 saturated carbocycles. The lowest BCUT2D eigenvalue weighted by molar-refractivity contribution is -1.02. The Kier molecular flexibility index (Phi) is 4.73. The van der Waals surface area contributed by atoms with Gasteiger partial charge < -0.3 is 9.80 Å². The number of quaternary nitrogens is 2. The summed E-state index contributed by atoms with van der Waals surface area (Å²) in [5.41, 5.74) is 1.26. The average Bonchev–Trinajstić information content (AvgIpc) is 3.01. The Morgan fingerprint density at radius 3 is 2.40 bits per heavy atom. The highest BCUT2D eigenvalue weighted by Gasteiger charge is 2.24. The number of piperazine rings is 1. The maximum Gasteiger partial charge on any atom is 0.127 e. The lowest BCUT2D eigenvalue weighted by Gasteiger charge is -2.29. The van der Waals surface area contributed by atoms with E-state index in [1.807, 2.05) is 6.07 Å². The quantitative estimate of drug-likeness (QED) is 0.844. The van der Waals surface area contributed by atoms with Crippen LogP contribution in [0.5, 0.6) is 0 Å². The first kappa shape index (κ1) is 14.5. The minimum absolute atomic E-state index is 0.905. The maximum atomic E-state index is 5.99. The van der Waals surface area contributed by atoms with E-state index in [1.165, 1.54) is 41.8 Å². The van der Waals surface area contributed by atoms with Crippen molar-refractivity contribution in [3.63, 3.8) is 0 Å². The van der Waals surface area contributed by atoms with E-state index >= 15 is 0 Å². The first-order chi connectivity index (χ1) is 9.69. The van der Waals surface area contributed by atoms with Gasteiger partial charge in [0.25, 0.3) is 0 Å². The summed E-state index contributed by atoms with van der Waals surface area (Å²) in [5, 5.41) is 3.38. The van der Waals surface area contributed by atoms with Gasteiger partial charge in [0.1, 0.15) is 45.0 Å². The molecule has 2 aromatic heterocycles. The normalized spacial score (nSPS) is 23.1. The Morgan fingerprint density at radius 1 is 1.15 bits per heavy atom. The van der Waals surface area contributed by atoms with Crippen molar-refractivity contribution in [1.82, 2.24) is 4.98 Å². The van der Waals surface area contributed by atoms with Crippen molar-refractivity contribution in [2.24, 2.45) is 0 Å². The van der Waals surface area contributed by atoms with Gasteiger partial charge in [0.05, 0.1) is 14.2 Å². The fourth-order valence-corrected chi connectivity index (χ4v) is 4.52. The predicted molar refractivity (Wildman–Crippen MR) is 85.0 cm³/mol. The van der Waals surface area contributed by atoms with Gasteiger partial charge in [-0.2, -0.15) is 0 Å². The third kappa shape index (κ3) is 3.80. The molecule has 2 aromatic rings. The molecule has 1 aliphatic rings. The first-order valence-electron chi connectivity index (χ1n) is 7.01. The lowest BCUT2D eigenvalue weighted by atomic mass is 10.3. The highest BCUT2D eigenvalue weighted by molar-refractivity contribution is 7.16. The number of aryl methyl sites for hydroxylation is 1. The minimum atomic E-state index is 0.905. The fourth-order valence-electron chi connectivity index (χ4n) is 2.75. The molecule has 3 heterocycles. The van der Waals surface area contributed by atoms with Crippen LogP contribution in [-0.4, -0.2) is 31.2 Å². The van der Waals surface area contributed by atoms with Crippen LogP contribution in [0.4, 0.5) is 0 Å². The summed E-state index contributed by atoms with van der Waals surface area (Å²) < 4.78 is 0.905. The van der Waals surface area contributed by atoms with Gasteiger partial charge in [0.2, 0.25) is 0 Å². The SMILES string of the molecule is Cc1nc(C[NH+]2CC[NH+](Cc3ccc(Cl)s3)CC2)cs1. The topological polar surface area (TPSA) is 21.8 Å². The molecule has 3 rings (SSSR count). The molecule has 0 amide bonds. The molecule has 1 aliphatic heterocycles. The van der Waals surface area contributed by atoms with Gasteiger partial charge in [-0.05, 0) is 19.1 Å². The third-order valence-corrected chi connectivity index (χ3v) is 5.87. The summed E-state index contributed by atoms with van der Waals surface area (Å²) in [6, 6.07) is 4.17. The number of nitrogens with zero attached hydrogens (tertiary/aromatic N) is 1. The Balaban J connectivity index is 1.47. The lowest BCUT2D eigenvalue weighted by Crippen LogP contribution is -3.27. The van der Waals surface area contributed by atoms with E-state index in [2.05, 4.69) is 23.4 Å². The van der Waals surface area contributed by atoms with E-state index in [4.69, 9.17) is 11.6 Å². The van der Waals surface area contributed by atoms with Gasteiger partial charge in [-0.3, -0.25) is 0 Å². The second kappa shape index (κ2) is 6.54. The van der Waals surface area contributed by atoms with Crippen molar-refractivity contribution in [3.8, 4) is 0 Å². The van der Waals surface area contributed by atoms with Crippen LogP contribution in [0.2, 0.25) is 4.34 Å². The molecule has 1 fully saturated rings. The summed E-state index contributed by atoms with van der Waals surface area (Å²) in [6.45, 7) is 9.26. The van der Waals surface area contributed by atoms with Gasteiger partial charge in [-0.1, -0.05) is 11.6 Å². The van der Waals surface area contributed by atoms with Gasteiger partial charge >= 0.3 is 0 Å². The standard InChI is InChI=1S/C14H18ClN3S2/c1-11-16-12(10-19-11)8-17-4-6-18(7-5-17)9-13-2-3-14(15)20-13/h2-3,10H,4-9H2,1H3/p+2. The van der Waals surface area contributed by atoms with Crippen molar-refractivity contribution in [2.75, 3.05) is 26.2 Å². The van der Waals surface area contributed by atoms with Gasteiger partial charge in [0.15, 0.2) is 0 Å². The van der Waals surface area contributed by atoms with E-state index in [0.29, 0.717) is 0 Å². The van der Waals surface area contributed by atoms with Crippen LogP contribution in [0.3, 0.4) is 0 Å². The summed E-state index contributed by atoms with van der Waals surface area (Å²) in [5.74, 6) is 0. The summed E-state index contributed by atoms with van der Waals surface area (Å²) in [6.07, 6.45) is 0. The zero-order chi connectivity index (χ0) is 13.9. The summed E-state index contributed by atoms with van der Waals surface area (Å²) in [7, 11) is 0. The Labute approximate surface area is 132 Å².